The molecule has 2 rings (SSSR count). The summed E-state index contributed by atoms with van der Waals surface area (Å²) in [6.45, 7) is 2.99. The molecular weight excluding hydrogens is 214 g/mol. The Morgan fingerprint density at radius 1 is 1.41 bits per heavy atom. The molecule has 1 aliphatic heterocycles. The Morgan fingerprint density at radius 2 is 2.24 bits per heavy atom. The lowest BCUT2D eigenvalue weighted by Gasteiger charge is -2.33. The fourth-order valence-corrected chi connectivity index (χ4v) is 2.32. The van der Waals surface area contributed by atoms with E-state index in [1.54, 1.807) is 7.11 Å². The number of carbonyl (C=O) groups is 1. The zero-order valence-corrected chi connectivity index (χ0v) is 10.5. The summed E-state index contributed by atoms with van der Waals surface area (Å²) in [5.74, 6) is 0.858. The topological polar surface area (TPSA) is 29.5 Å². The third-order valence-electron chi connectivity index (χ3n) is 3.38. The number of hydrogen-bond donors (Lipinski definition) is 0. The van der Waals surface area contributed by atoms with Crippen LogP contribution >= 0.6 is 0 Å². The molecule has 0 bridgehead atoms. The third-order valence-corrected chi connectivity index (χ3v) is 3.38. The second-order valence-electron chi connectivity index (χ2n) is 4.58. The zero-order valence-electron chi connectivity index (χ0n) is 10.5. The van der Waals surface area contributed by atoms with E-state index >= 15 is 0 Å². The predicted octanol–water partition coefficient (Wildman–Crippen LogP) is 2.71. The number of ether oxygens (including phenoxy) is 1. The van der Waals surface area contributed by atoms with Crippen LogP contribution < -0.4 is 4.74 Å². The maximum absolute atomic E-state index is 12.3. The lowest BCUT2D eigenvalue weighted by Crippen LogP contribution is -2.42. The summed E-state index contributed by atoms with van der Waals surface area (Å²) in [4.78, 5) is 14.3. The van der Waals surface area contributed by atoms with Crippen molar-refractivity contribution in [3.8, 4) is 5.75 Å². The molecule has 0 saturated carbocycles. The van der Waals surface area contributed by atoms with Gasteiger partial charge in [-0.05, 0) is 44.4 Å². The molecule has 0 spiro atoms. The molecule has 0 radical (unpaired) electrons. The number of hydrogen-bond acceptors (Lipinski definition) is 2. The standard InChI is InChI=1S/C14H19NO2/c1-11-6-3-4-9-15(11)14(16)12-7-5-8-13(10-12)17-2/h5,7-8,10-11H,3-4,6,9H2,1-2H3. The fraction of sp³-hybridized carbons (Fsp3) is 0.500. The SMILES string of the molecule is COc1cccc(C(=O)N2CCCCC2C)c1. The highest BCUT2D eigenvalue weighted by Gasteiger charge is 2.24. The Bertz CT molecular complexity index is 403. The quantitative estimate of drug-likeness (QED) is 0.786. The van der Waals surface area contributed by atoms with Crippen molar-refractivity contribution < 1.29 is 9.53 Å². The molecule has 1 aromatic carbocycles. The molecule has 1 atom stereocenters. The molecule has 0 N–H and O–H groups in total. The van der Waals surface area contributed by atoms with Crippen molar-refractivity contribution in [2.45, 2.75) is 32.2 Å². The molecule has 1 unspecified atom stereocenters. The highest BCUT2D eigenvalue weighted by Crippen LogP contribution is 2.21. The van der Waals surface area contributed by atoms with Crippen LogP contribution in [0.3, 0.4) is 0 Å². The Balaban J connectivity index is 2.17. The summed E-state index contributed by atoms with van der Waals surface area (Å²) >= 11 is 0. The number of nitrogens with zero attached hydrogens (tertiary/aromatic N) is 1. The van der Waals surface area contributed by atoms with Gasteiger partial charge in [0.25, 0.3) is 5.91 Å². The second kappa shape index (κ2) is 5.21. The molecule has 0 aliphatic carbocycles. The van der Waals surface area contributed by atoms with Crippen LogP contribution in [0.5, 0.6) is 5.75 Å². The van der Waals surface area contributed by atoms with Crippen LogP contribution in [0.1, 0.15) is 36.5 Å². The number of carbonyl (C=O) groups excluding carboxylic acids is 1. The van der Waals surface area contributed by atoms with E-state index in [1.807, 2.05) is 29.2 Å². The number of benzene rings is 1. The number of likely N-dealkylation sites (tertiary alicyclic amines) is 1. The lowest BCUT2D eigenvalue weighted by molar-refractivity contribution is 0.0635. The fourth-order valence-electron chi connectivity index (χ4n) is 2.32. The maximum atomic E-state index is 12.3. The Labute approximate surface area is 102 Å². The Morgan fingerprint density at radius 3 is 2.94 bits per heavy atom. The summed E-state index contributed by atoms with van der Waals surface area (Å²) in [5, 5.41) is 0. The first kappa shape index (κ1) is 12.0. The molecule has 1 fully saturated rings. The van der Waals surface area contributed by atoms with Crippen molar-refractivity contribution >= 4 is 5.91 Å². The number of amides is 1. The third kappa shape index (κ3) is 2.60. The van der Waals surface area contributed by atoms with Gasteiger partial charge in [0.15, 0.2) is 0 Å². The second-order valence-corrected chi connectivity index (χ2v) is 4.58. The first-order valence-electron chi connectivity index (χ1n) is 6.17. The van der Waals surface area contributed by atoms with Gasteiger partial charge in [0.1, 0.15) is 5.75 Å². The van der Waals surface area contributed by atoms with E-state index in [0.29, 0.717) is 6.04 Å². The van der Waals surface area contributed by atoms with Gasteiger partial charge < -0.3 is 9.64 Å². The molecule has 1 amide bonds. The predicted molar refractivity (Wildman–Crippen MR) is 67.3 cm³/mol. The minimum Gasteiger partial charge on any atom is -0.497 e. The first-order valence-corrected chi connectivity index (χ1v) is 6.17. The van der Waals surface area contributed by atoms with Crippen LogP contribution in [-0.4, -0.2) is 30.5 Å². The summed E-state index contributed by atoms with van der Waals surface area (Å²) in [6.07, 6.45) is 3.44. The minimum absolute atomic E-state index is 0.121. The molecule has 1 heterocycles. The van der Waals surface area contributed by atoms with Crippen LogP contribution in [0.25, 0.3) is 0 Å². The van der Waals surface area contributed by atoms with Gasteiger partial charge >= 0.3 is 0 Å². The van der Waals surface area contributed by atoms with E-state index in [9.17, 15) is 4.79 Å². The smallest absolute Gasteiger partial charge is 0.254 e. The lowest BCUT2D eigenvalue weighted by atomic mass is 10.0. The van der Waals surface area contributed by atoms with Gasteiger partial charge in [-0.3, -0.25) is 4.79 Å². The van der Waals surface area contributed by atoms with Crippen molar-refractivity contribution in [1.29, 1.82) is 0 Å². The van der Waals surface area contributed by atoms with Gasteiger partial charge in [0, 0.05) is 18.2 Å². The normalized spacial score (nSPS) is 20.1. The Kier molecular flexibility index (Phi) is 3.67. The van der Waals surface area contributed by atoms with E-state index in [4.69, 9.17) is 4.74 Å². The molecule has 3 heteroatoms. The largest absolute Gasteiger partial charge is 0.497 e. The maximum Gasteiger partial charge on any atom is 0.254 e. The summed E-state index contributed by atoms with van der Waals surface area (Å²) in [7, 11) is 1.62. The van der Waals surface area contributed by atoms with Crippen molar-refractivity contribution in [2.24, 2.45) is 0 Å². The summed E-state index contributed by atoms with van der Waals surface area (Å²) in [5.41, 5.74) is 0.720. The van der Waals surface area contributed by atoms with Gasteiger partial charge in [0.05, 0.1) is 7.11 Å². The molecule has 17 heavy (non-hydrogen) atoms. The summed E-state index contributed by atoms with van der Waals surface area (Å²) < 4.78 is 5.15. The monoisotopic (exact) mass is 233 g/mol. The van der Waals surface area contributed by atoms with Crippen LogP contribution in [0.4, 0.5) is 0 Å². The highest BCUT2D eigenvalue weighted by molar-refractivity contribution is 5.94. The summed E-state index contributed by atoms with van der Waals surface area (Å²) in [6, 6.07) is 7.73. The molecule has 1 saturated heterocycles. The van der Waals surface area contributed by atoms with Crippen LogP contribution in [0.2, 0.25) is 0 Å². The van der Waals surface area contributed by atoms with Crippen molar-refractivity contribution in [2.75, 3.05) is 13.7 Å². The van der Waals surface area contributed by atoms with Crippen LogP contribution in [-0.2, 0) is 0 Å². The molecule has 1 aromatic rings. The van der Waals surface area contributed by atoms with Crippen molar-refractivity contribution in [3.63, 3.8) is 0 Å². The van der Waals surface area contributed by atoms with E-state index < -0.39 is 0 Å². The Hall–Kier alpha value is -1.51. The van der Waals surface area contributed by atoms with Crippen LogP contribution in [0.15, 0.2) is 24.3 Å². The molecule has 0 aromatic heterocycles. The minimum atomic E-state index is 0.121. The molecule has 92 valence electrons. The molecule has 1 aliphatic rings. The number of methoxy groups -OCH3 is 1. The van der Waals surface area contributed by atoms with Gasteiger partial charge in [-0.15, -0.1) is 0 Å². The average Bonchev–Trinajstić information content (AvgIpc) is 2.38. The van der Waals surface area contributed by atoms with Gasteiger partial charge in [-0.25, -0.2) is 0 Å². The van der Waals surface area contributed by atoms with Gasteiger partial charge in [0.2, 0.25) is 0 Å². The zero-order chi connectivity index (χ0) is 12.3. The average molecular weight is 233 g/mol. The van der Waals surface area contributed by atoms with E-state index in [0.717, 1.165) is 30.7 Å². The highest BCUT2D eigenvalue weighted by atomic mass is 16.5. The van der Waals surface area contributed by atoms with E-state index in [1.165, 1.54) is 6.42 Å². The molecular formula is C14H19NO2. The van der Waals surface area contributed by atoms with E-state index in [-0.39, 0.29) is 5.91 Å². The first-order chi connectivity index (χ1) is 8.22. The van der Waals surface area contributed by atoms with Crippen LogP contribution in [0, 0.1) is 0 Å². The van der Waals surface area contributed by atoms with Gasteiger partial charge in [-0.1, -0.05) is 6.07 Å². The van der Waals surface area contributed by atoms with Crippen molar-refractivity contribution in [3.05, 3.63) is 29.8 Å². The number of rotatable bonds is 2. The van der Waals surface area contributed by atoms with Gasteiger partial charge in [-0.2, -0.15) is 0 Å². The van der Waals surface area contributed by atoms with E-state index in [2.05, 4.69) is 6.92 Å². The molecule has 3 nitrogen and oxygen atoms in total. The van der Waals surface area contributed by atoms with Crippen molar-refractivity contribution in [1.82, 2.24) is 4.90 Å². The number of piperidine rings is 1.